The van der Waals surface area contributed by atoms with Gasteiger partial charge in [0.2, 0.25) is 5.91 Å². The van der Waals surface area contributed by atoms with Crippen molar-refractivity contribution < 1.29 is 44.9 Å². The maximum atomic E-state index is 12.6. The average Bonchev–Trinajstić information content (AvgIpc) is 2.95. The molecule has 8 atom stereocenters. The standard InChI is InChI=1S/C27H52N2O9S/c1-2-20(31)23(33)19(18-37-27-26(36)25(35)24(34)21(17-30)38-27)28-22(32)11-9-7-5-3-4-6-8-10-12-29-13-15-39-16-14-29/h19-21,23-27,30-31,33-36H,2-18H2,1H3,(H,28,32)/t19-,20+,21?,23-,24?,25?,26?,27?/m0/s1. The van der Waals surface area contributed by atoms with Gasteiger partial charge in [0.25, 0.3) is 0 Å². The van der Waals surface area contributed by atoms with Gasteiger partial charge in [0.15, 0.2) is 6.29 Å². The number of hydrogen-bond acceptors (Lipinski definition) is 11. The van der Waals surface area contributed by atoms with Crippen LogP contribution in [0.5, 0.6) is 0 Å². The number of nitrogens with zero attached hydrogens (tertiary/aromatic N) is 1. The third-order valence-electron chi connectivity index (χ3n) is 7.59. The molecule has 5 unspecified atom stereocenters. The molecule has 7 N–H and O–H groups in total. The number of thioether (sulfide) groups is 1. The van der Waals surface area contributed by atoms with Gasteiger partial charge in [-0.1, -0.05) is 45.4 Å². The van der Waals surface area contributed by atoms with E-state index in [9.17, 15) is 35.4 Å². The van der Waals surface area contributed by atoms with Crippen LogP contribution in [0.4, 0.5) is 0 Å². The van der Waals surface area contributed by atoms with Crippen LogP contribution in [-0.4, -0.2) is 135 Å². The number of aliphatic hydroxyl groups excluding tert-OH is 6. The highest BCUT2D eigenvalue weighted by molar-refractivity contribution is 7.99. The smallest absolute Gasteiger partial charge is 0.220 e. The van der Waals surface area contributed by atoms with Crippen molar-refractivity contribution in [2.75, 3.05) is 44.4 Å². The number of carbonyl (C=O) groups is 1. The Labute approximate surface area is 237 Å². The molecule has 39 heavy (non-hydrogen) atoms. The van der Waals surface area contributed by atoms with Gasteiger partial charge in [-0.15, -0.1) is 0 Å². The van der Waals surface area contributed by atoms with Crippen LogP contribution in [-0.2, 0) is 14.3 Å². The molecule has 2 aliphatic rings. The monoisotopic (exact) mass is 580 g/mol. The summed E-state index contributed by atoms with van der Waals surface area (Å²) < 4.78 is 10.8. The number of nitrogens with one attached hydrogen (secondary N) is 1. The molecule has 12 heteroatoms. The fourth-order valence-corrected chi connectivity index (χ4v) is 5.90. The van der Waals surface area contributed by atoms with E-state index in [1.54, 1.807) is 6.92 Å². The van der Waals surface area contributed by atoms with E-state index in [0.717, 1.165) is 19.3 Å². The van der Waals surface area contributed by atoms with Gasteiger partial charge in [-0.05, 0) is 25.8 Å². The van der Waals surface area contributed by atoms with Crippen molar-refractivity contribution in [1.82, 2.24) is 10.2 Å². The number of hydrogen-bond donors (Lipinski definition) is 7. The predicted octanol–water partition coefficient (Wildman–Crippen LogP) is -0.0208. The first-order chi connectivity index (χ1) is 18.8. The normalized spacial score (nSPS) is 28.6. The molecule has 0 radical (unpaired) electrons. The van der Waals surface area contributed by atoms with Crippen LogP contribution in [0.2, 0.25) is 0 Å². The van der Waals surface area contributed by atoms with Gasteiger partial charge in [-0.25, -0.2) is 0 Å². The van der Waals surface area contributed by atoms with Crippen molar-refractivity contribution in [1.29, 1.82) is 0 Å². The van der Waals surface area contributed by atoms with Crippen molar-refractivity contribution >= 4 is 17.7 Å². The maximum Gasteiger partial charge on any atom is 0.220 e. The lowest BCUT2D eigenvalue weighted by molar-refractivity contribution is -0.303. The molecule has 11 nitrogen and oxygen atoms in total. The van der Waals surface area contributed by atoms with E-state index in [1.165, 1.54) is 56.8 Å². The van der Waals surface area contributed by atoms with Crippen molar-refractivity contribution in [3.63, 3.8) is 0 Å². The Morgan fingerprint density at radius 2 is 1.59 bits per heavy atom. The summed E-state index contributed by atoms with van der Waals surface area (Å²) in [6.07, 6.45) is -0.271. The van der Waals surface area contributed by atoms with E-state index in [-0.39, 0.29) is 25.4 Å². The Balaban J connectivity index is 1.64. The molecule has 0 aliphatic carbocycles. The van der Waals surface area contributed by atoms with Gasteiger partial charge in [0.05, 0.1) is 25.4 Å². The summed E-state index contributed by atoms with van der Waals surface area (Å²) >= 11 is 2.04. The highest BCUT2D eigenvalue weighted by Crippen LogP contribution is 2.22. The predicted molar refractivity (Wildman–Crippen MR) is 149 cm³/mol. The minimum Gasteiger partial charge on any atom is -0.394 e. The van der Waals surface area contributed by atoms with Crippen molar-refractivity contribution in [3.05, 3.63) is 0 Å². The van der Waals surface area contributed by atoms with Gasteiger partial charge in [-0.3, -0.25) is 4.79 Å². The number of ether oxygens (including phenoxy) is 2. The summed E-state index contributed by atoms with van der Waals surface area (Å²) in [5.41, 5.74) is 0. The van der Waals surface area contributed by atoms with Gasteiger partial charge >= 0.3 is 0 Å². The van der Waals surface area contributed by atoms with Crippen LogP contribution < -0.4 is 5.32 Å². The fraction of sp³-hybridized carbons (Fsp3) is 0.963. The lowest BCUT2D eigenvalue weighted by atomic mass is 9.99. The molecule has 230 valence electrons. The Morgan fingerprint density at radius 1 is 0.974 bits per heavy atom. The summed E-state index contributed by atoms with van der Waals surface area (Å²) in [5.74, 6) is 2.24. The largest absolute Gasteiger partial charge is 0.394 e. The molecule has 0 spiro atoms. The van der Waals surface area contributed by atoms with Crippen LogP contribution >= 0.6 is 11.8 Å². The fourth-order valence-electron chi connectivity index (χ4n) is 4.92. The summed E-state index contributed by atoms with van der Waals surface area (Å²) in [7, 11) is 0. The van der Waals surface area contributed by atoms with E-state index in [1.807, 2.05) is 11.8 Å². The van der Waals surface area contributed by atoms with E-state index < -0.39 is 55.6 Å². The van der Waals surface area contributed by atoms with Crippen molar-refractivity contribution in [2.24, 2.45) is 0 Å². The van der Waals surface area contributed by atoms with E-state index in [2.05, 4.69) is 10.2 Å². The Bertz CT molecular complexity index is 657. The minimum absolute atomic E-state index is 0.255. The topological polar surface area (TPSA) is 172 Å². The van der Waals surface area contributed by atoms with E-state index in [4.69, 9.17) is 9.47 Å². The lowest BCUT2D eigenvalue weighted by Gasteiger charge is -2.40. The zero-order valence-corrected chi connectivity index (χ0v) is 24.2. The summed E-state index contributed by atoms with van der Waals surface area (Å²) in [5, 5.41) is 62.7. The highest BCUT2D eigenvalue weighted by atomic mass is 32.2. The van der Waals surface area contributed by atoms with Crippen molar-refractivity contribution in [3.8, 4) is 0 Å². The Morgan fingerprint density at radius 3 is 2.21 bits per heavy atom. The Kier molecular flexibility index (Phi) is 17.4. The van der Waals surface area contributed by atoms with Crippen LogP contribution in [0, 0.1) is 0 Å². The third kappa shape index (κ3) is 12.5. The average molecular weight is 581 g/mol. The van der Waals surface area contributed by atoms with Gasteiger partial charge in [-0.2, -0.15) is 11.8 Å². The summed E-state index contributed by atoms with van der Waals surface area (Å²) in [6.45, 7) is 4.45. The zero-order chi connectivity index (χ0) is 28.6. The quantitative estimate of drug-likeness (QED) is 0.102. The summed E-state index contributed by atoms with van der Waals surface area (Å²) in [4.78, 5) is 15.1. The van der Waals surface area contributed by atoms with Gasteiger partial charge in [0.1, 0.15) is 30.5 Å². The zero-order valence-electron chi connectivity index (χ0n) is 23.4. The molecule has 0 aromatic heterocycles. The molecule has 1 amide bonds. The first-order valence-electron chi connectivity index (χ1n) is 14.7. The number of unbranched alkanes of at least 4 members (excludes halogenated alkanes) is 7. The molecule has 2 heterocycles. The molecule has 0 saturated carbocycles. The molecular weight excluding hydrogens is 528 g/mol. The molecule has 0 bridgehead atoms. The van der Waals surface area contributed by atoms with Crippen LogP contribution in [0.15, 0.2) is 0 Å². The molecule has 2 rings (SSSR count). The van der Waals surface area contributed by atoms with Crippen LogP contribution in [0.3, 0.4) is 0 Å². The highest BCUT2D eigenvalue weighted by Gasteiger charge is 2.44. The molecular formula is C27H52N2O9S. The number of carbonyl (C=O) groups excluding carboxylic acids is 1. The first kappa shape index (κ1) is 34.7. The SMILES string of the molecule is CC[C@@H](O)[C@@H](O)[C@H](COC1OC(CO)C(O)C(O)C1O)NC(=O)CCCCCCCCCCN1CCSCC1. The van der Waals surface area contributed by atoms with Gasteiger partial charge in [0, 0.05) is 31.0 Å². The molecule has 2 fully saturated rings. The molecule has 0 aromatic rings. The summed E-state index contributed by atoms with van der Waals surface area (Å²) in [6, 6.07) is -0.983. The lowest BCUT2D eigenvalue weighted by Crippen LogP contribution is -2.60. The second kappa shape index (κ2) is 19.6. The Hall–Kier alpha value is -0.540. The number of rotatable bonds is 19. The second-order valence-corrected chi connectivity index (χ2v) is 11.9. The first-order valence-corrected chi connectivity index (χ1v) is 15.8. The molecule has 2 aliphatic heterocycles. The number of aliphatic hydroxyl groups is 6. The van der Waals surface area contributed by atoms with Crippen molar-refractivity contribution in [2.45, 2.75) is 120 Å². The van der Waals surface area contributed by atoms with E-state index >= 15 is 0 Å². The molecule has 0 aromatic carbocycles. The molecule has 2 saturated heterocycles. The van der Waals surface area contributed by atoms with Crippen LogP contribution in [0.1, 0.15) is 71.1 Å². The van der Waals surface area contributed by atoms with Gasteiger partial charge < -0.3 is 50.3 Å². The second-order valence-electron chi connectivity index (χ2n) is 10.7. The number of amides is 1. The minimum atomic E-state index is -1.60. The maximum absolute atomic E-state index is 12.6. The van der Waals surface area contributed by atoms with Crippen LogP contribution in [0.25, 0.3) is 0 Å². The van der Waals surface area contributed by atoms with E-state index in [0.29, 0.717) is 6.42 Å². The third-order valence-corrected chi connectivity index (χ3v) is 8.53.